The highest BCUT2D eigenvalue weighted by Gasteiger charge is 2.44. The SMILES string of the molecule is CNC(=O)[C@@H]1CN(C(=O)NCCCOC)C[C@H]1C1CCN(c2ccc(C#N)c(C(F)(F)F)c2)CC1. The molecule has 0 bridgehead atoms. The second-order valence-electron chi connectivity index (χ2n) is 9.03. The van der Waals surface area contributed by atoms with Crippen molar-refractivity contribution in [2.24, 2.45) is 17.8 Å². The molecule has 0 saturated carbocycles. The van der Waals surface area contributed by atoms with Crippen LogP contribution >= 0.6 is 0 Å². The zero-order valence-corrected chi connectivity index (χ0v) is 20.0. The summed E-state index contributed by atoms with van der Waals surface area (Å²) in [5.74, 6) is -0.282. The van der Waals surface area contributed by atoms with E-state index in [0.29, 0.717) is 64.3 Å². The molecule has 2 aliphatic heterocycles. The highest BCUT2D eigenvalue weighted by atomic mass is 19.4. The second kappa shape index (κ2) is 11.6. The lowest BCUT2D eigenvalue weighted by Crippen LogP contribution is -2.41. The molecule has 0 radical (unpaired) electrons. The maximum absolute atomic E-state index is 13.4. The van der Waals surface area contributed by atoms with Gasteiger partial charge in [0, 0.05) is 59.2 Å². The molecule has 2 saturated heterocycles. The largest absolute Gasteiger partial charge is 0.417 e. The van der Waals surface area contributed by atoms with Crippen molar-refractivity contribution in [1.82, 2.24) is 15.5 Å². The number of methoxy groups -OCH3 is 1. The van der Waals surface area contributed by atoms with Gasteiger partial charge in [0.2, 0.25) is 5.91 Å². The van der Waals surface area contributed by atoms with Crippen molar-refractivity contribution in [3.8, 4) is 6.07 Å². The first-order chi connectivity index (χ1) is 16.7. The Morgan fingerprint density at radius 3 is 2.54 bits per heavy atom. The van der Waals surface area contributed by atoms with Gasteiger partial charge in [0.1, 0.15) is 0 Å². The van der Waals surface area contributed by atoms with E-state index in [1.165, 1.54) is 6.07 Å². The summed E-state index contributed by atoms with van der Waals surface area (Å²) in [6.45, 7) is 2.91. The summed E-state index contributed by atoms with van der Waals surface area (Å²) in [6.07, 6.45) is -2.51. The Labute approximate surface area is 203 Å². The van der Waals surface area contributed by atoms with E-state index in [0.717, 1.165) is 6.07 Å². The minimum Gasteiger partial charge on any atom is -0.385 e. The molecule has 35 heavy (non-hydrogen) atoms. The van der Waals surface area contributed by atoms with Crippen molar-refractivity contribution in [2.45, 2.75) is 25.4 Å². The summed E-state index contributed by atoms with van der Waals surface area (Å²) in [4.78, 5) is 28.8. The molecule has 2 atom stereocenters. The molecular formula is C24H32F3N5O3. The van der Waals surface area contributed by atoms with Crippen LogP contribution in [0.25, 0.3) is 0 Å². The molecule has 1 aromatic rings. The Morgan fingerprint density at radius 2 is 1.94 bits per heavy atom. The van der Waals surface area contributed by atoms with Crippen molar-refractivity contribution < 1.29 is 27.5 Å². The first-order valence-electron chi connectivity index (χ1n) is 11.8. The first kappa shape index (κ1) is 26.6. The van der Waals surface area contributed by atoms with Gasteiger partial charge in [-0.3, -0.25) is 4.79 Å². The molecule has 2 fully saturated rings. The maximum atomic E-state index is 13.4. The minimum atomic E-state index is -4.60. The van der Waals surface area contributed by atoms with Gasteiger partial charge in [0.05, 0.1) is 23.1 Å². The lowest BCUT2D eigenvalue weighted by atomic mass is 9.78. The number of rotatable bonds is 7. The number of likely N-dealkylation sites (tertiary alicyclic amines) is 1. The van der Waals surface area contributed by atoms with E-state index in [9.17, 15) is 22.8 Å². The fourth-order valence-corrected chi connectivity index (χ4v) is 5.11. The van der Waals surface area contributed by atoms with Crippen LogP contribution in [0.1, 0.15) is 30.4 Å². The molecule has 192 valence electrons. The number of nitrogens with one attached hydrogen (secondary N) is 2. The van der Waals surface area contributed by atoms with Crippen LogP contribution < -0.4 is 15.5 Å². The quantitative estimate of drug-likeness (QED) is 0.567. The molecule has 8 nitrogen and oxygen atoms in total. The summed E-state index contributed by atoms with van der Waals surface area (Å²) >= 11 is 0. The zero-order chi connectivity index (χ0) is 25.6. The fourth-order valence-electron chi connectivity index (χ4n) is 5.11. The van der Waals surface area contributed by atoms with Gasteiger partial charge < -0.3 is 25.2 Å². The monoisotopic (exact) mass is 495 g/mol. The van der Waals surface area contributed by atoms with Crippen molar-refractivity contribution in [2.75, 3.05) is 58.4 Å². The highest BCUT2D eigenvalue weighted by molar-refractivity contribution is 5.81. The smallest absolute Gasteiger partial charge is 0.385 e. The van der Waals surface area contributed by atoms with Crippen LogP contribution in [0.2, 0.25) is 0 Å². The number of hydrogen-bond acceptors (Lipinski definition) is 5. The molecule has 0 spiro atoms. The van der Waals surface area contributed by atoms with Crippen LogP contribution in [-0.4, -0.2) is 70.3 Å². The standard InChI is InChI=1S/C24H32F3N5O3/c1-29-22(33)20-15-32(23(34)30-8-3-11-35-2)14-19(20)16-6-9-31(10-7-16)18-5-4-17(13-28)21(12-18)24(25,26)27/h4-5,12,16,19-20H,3,6-11,14-15H2,1-2H3,(H,29,33)(H,30,34)/t19-,20+/m0/s1. The topological polar surface area (TPSA) is 97.7 Å². The van der Waals surface area contributed by atoms with Crippen molar-refractivity contribution in [1.29, 1.82) is 5.26 Å². The summed E-state index contributed by atoms with van der Waals surface area (Å²) in [6, 6.07) is 5.21. The van der Waals surface area contributed by atoms with Gasteiger partial charge in [-0.2, -0.15) is 18.4 Å². The van der Waals surface area contributed by atoms with Crippen molar-refractivity contribution in [3.05, 3.63) is 29.3 Å². The van der Waals surface area contributed by atoms with E-state index < -0.39 is 17.3 Å². The molecule has 3 rings (SSSR count). The van der Waals surface area contributed by atoms with E-state index in [1.54, 1.807) is 31.2 Å². The van der Waals surface area contributed by atoms with Crippen molar-refractivity contribution in [3.63, 3.8) is 0 Å². The Morgan fingerprint density at radius 1 is 1.23 bits per heavy atom. The fraction of sp³-hybridized carbons (Fsp3) is 0.625. The number of nitrogens with zero attached hydrogens (tertiary/aromatic N) is 3. The number of carbonyl (C=O) groups excluding carboxylic acids is 2. The third kappa shape index (κ3) is 6.36. The molecule has 2 heterocycles. The first-order valence-corrected chi connectivity index (χ1v) is 11.8. The molecule has 2 aliphatic rings. The maximum Gasteiger partial charge on any atom is 0.417 e. The number of nitriles is 1. The van der Waals surface area contributed by atoms with E-state index in [1.807, 2.05) is 4.90 Å². The van der Waals surface area contributed by atoms with Gasteiger partial charge in [0.25, 0.3) is 0 Å². The predicted molar refractivity (Wildman–Crippen MR) is 124 cm³/mol. The second-order valence-corrected chi connectivity index (χ2v) is 9.03. The number of alkyl halides is 3. The van der Waals surface area contributed by atoms with Crippen LogP contribution in [0.15, 0.2) is 18.2 Å². The third-order valence-electron chi connectivity index (χ3n) is 6.98. The van der Waals surface area contributed by atoms with Crippen molar-refractivity contribution >= 4 is 17.6 Å². The summed E-state index contributed by atoms with van der Waals surface area (Å²) in [5.41, 5.74) is -0.889. The van der Waals surface area contributed by atoms with Gasteiger partial charge in [-0.25, -0.2) is 4.79 Å². The predicted octanol–water partition coefficient (Wildman–Crippen LogP) is 2.83. The van der Waals surface area contributed by atoms with E-state index in [-0.39, 0.29) is 29.7 Å². The molecular weight excluding hydrogens is 463 g/mol. The van der Waals surface area contributed by atoms with Crippen LogP contribution in [0.4, 0.5) is 23.7 Å². The summed E-state index contributed by atoms with van der Waals surface area (Å²) < 4.78 is 45.1. The molecule has 1 aromatic carbocycles. The lowest BCUT2D eigenvalue weighted by molar-refractivity contribution is -0.137. The Kier molecular flexibility index (Phi) is 8.83. The number of hydrogen-bond donors (Lipinski definition) is 2. The summed E-state index contributed by atoms with van der Waals surface area (Å²) in [7, 11) is 3.18. The number of carbonyl (C=O) groups is 2. The summed E-state index contributed by atoms with van der Waals surface area (Å²) in [5, 5.41) is 14.6. The number of halogens is 3. The number of urea groups is 1. The van der Waals surface area contributed by atoms with E-state index >= 15 is 0 Å². The van der Waals surface area contributed by atoms with Gasteiger partial charge in [-0.15, -0.1) is 0 Å². The molecule has 11 heteroatoms. The van der Waals surface area contributed by atoms with Crippen LogP contribution in [0.3, 0.4) is 0 Å². The Balaban J connectivity index is 1.65. The molecule has 3 amide bonds. The zero-order valence-electron chi connectivity index (χ0n) is 20.0. The van der Waals surface area contributed by atoms with Crippen LogP contribution in [-0.2, 0) is 15.7 Å². The van der Waals surface area contributed by atoms with E-state index in [4.69, 9.17) is 10.00 Å². The molecule has 0 aliphatic carbocycles. The van der Waals surface area contributed by atoms with Gasteiger partial charge in [0.15, 0.2) is 0 Å². The number of benzene rings is 1. The minimum absolute atomic E-state index is 0.0199. The number of piperidine rings is 1. The number of ether oxygens (including phenoxy) is 1. The van der Waals surface area contributed by atoms with Crippen LogP contribution in [0, 0.1) is 29.1 Å². The Bertz CT molecular complexity index is 941. The van der Waals surface area contributed by atoms with E-state index in [2.05, 4.69) is 10.6 Å². The Hall–Kier alpha value is -3.00. The highest BCUT2D eigenvalue weighted by Crippen LogP contribution is 2.39. The number of amides is 3. The lowest BCUT2D eigenvalue weighted by Gasteiger charge is -2.37. The number of anilines is 1. The normalized spacial score (nSPS) is 21.0. The third-order valence-corrected chi connectivity index (χ3v) is 6.98. The average molecular weight is 496 g/mol. The molecule has 0 aromatic heterocycles. The van der Waals surface area contributed by atoms with Crippen LogP contribution in [0.5, 0.6) is 0 Å². The molecule has 0 unspecified atom stereocenters. The van der Waals surface area contributed by atoms with Gasteiger partial charge in [-0.1, -0.05) is 0 Å². The van der Waals surface area contributed by atoms with Gasteiger partial charge >= 0.3 is 12.2 Å². The molecule has 2 N–H and O–H groups in total. The average Bonchev–Trinajstić information content (AvgIpc) is 3.31. The van der Waals surface area contributed by atoms with Gasteiger partial charge in [-0.05, 0) is 49.3 Å².